The Bertz CT molecular complexity index is 998. The molecular formula is C21H22Cl2N4O2S. The first kappa shape index (κ1) is 22.6. The summed E-state index contributed by atoms with van der Waals surface area (Å²) in [5, 5.41) is 13.2. The van der Waals surface area contributed by atoms with Gasteiger partial charge in [-0.2, -0.15) is 0 Å². The van der Waals surface area contributed by atoms with Gasteiger partial charge in [-0.3, -0.25) is 9.36 Å². The Hall–Kier alpha value is -2.06. The number of halogens is 2. The van der Waals surface area contributed by atoms with E-state index >= 15 is 0 Å². The number of methoxy groups -OCH3 is 1. The fourth-order valence-electron chi connectivity index (χ4n) is 2.91. The largest absolute Gasteiger partial charge is 0.383 e. The van der Waals surface area contributed by atoms with E-state index in [9.17, 15) is 4.79 Å². The molecule has 0 saturated carbocycles. The van der Waals surface area contributed by atoms with Crippen molar-refractivity contribution in [2.75, 3.05) is 19.5 Å². The molecule has 1 aromatic heterocycles. The van der Waals surface area contributed by atoms with Crippen molar-refractivity contribution in [3.05, 3.63) is 64.1 Å². The van der Waals surface area contributed by atoms with Crippen molar-refractivity contribution in [1.82, 2.24) is 20.1 Å². The first-order valence-corrected chi connectivity index (χ1v) is 11.1. The summed E-state index contributed by atoms with van der Waals surface area (Å²) in [6.45, 7) is 2.90. The number of aromatic nitrogens is 3. The summed E-state index contributed by atoms with van der Waals surface area (Å²) in [7, 11) is 1.60. The monoisotopic (exact) mass is 464 g/mol. The van der Waals surface area contributed by atoms with Gasteiger partial charge in [-0.15, -0.1) is 10.2 Å². The second-order valence-electron chi connectivity index (χ2n) is 6.71. The summed E-state index contributed by atoms with van der Waals surface area (Å²) in [5.74, 6) is 0.746. The highest BCUT2D eigenvalue weighted by Gasteiger charge is 2.18. The van der Waals surface area contributed by atoms with Gasteiger partial charge < -0.3 is 10.1 Å². The molecule has 0 spiro atoms. The second-order valence-corrected chi connectivity index (χ2v) is 8.50. The minimum Gasteiger partial charge on any atom is -0.383 e. The van der Waals surface area contributed by atoms with Crippen molar-refractivity contribution in [3.63, 3.8) is 0 Å². The summed E-state index contributed by atoms with van der Waals surface area (Å²) in [5.41, 5.74) is 1.82. The molecular weight excluding hydrogens is 443 g/mol. The molecule has 1 unspecified atom stereocenters. The lowest BCUT2D eigenvalue weighted by Gasteiger charge is -2.13. The number of carbonyl (C=O) groups is 1. The van der Waals surface area contributed by atoms with E-state index in [1.54, 1.807) is 19.2 Å². The smallest absolute Gasteiger partial charge is 0.230 e. The van der Waals surface area contributed by atoms with Crippen LogP contribution in [0.3, 0.4) is 0 Å². The number of ether oxygens (including phenoxy) is 1. The van der Waals surface area contributed by atoms with Crippen molar-refractivity contribution in [2.24, 2.45) is 0 Å². The van der Waals surface area contributed by atoms with E-state index in [2.05, 4.69) is 15.5 Å². The number of carbonyl (C=O) groups excluding carboxylic acids is 1. The van der Waals surface area contributed by atoms with Gasteiger partial charge in [0.2, 0.25) is 5.91 Å². The van der Waals surface area contributed by atoms with Crippen LogP contribution in [0.1, 0.15) is 12.5 Å². The molecule has 0 bridgehead atoms. The highest BCUT2D eigenvalue weighted by Crippen LogP contribution is 2.32. The molecule has 0 aliphatic carbocycles. The quantitative estimate of drug-likeness (QED) is 0.470. The maximum absolute atomic E-state index is 12.3. The number of amides is 1. The van der Waals surface area contributed by atoms with E-state index in [0.717, 1.165) is 11.1 Å². The fraction of sp³-hybridized carbons (Fsp3) is 0.286. The summed E-state index contributed by atoms with van der Waals surface area (Å²) < 4.78 is 7.01. The molecule has 158 valence electrons. The summed E-state index contributed by atoms with van der Waals surface area (Å²) >= 11 is 13.8. The third-order valence-electron chi connectivity index (χ3n) is 4.23. The van der Waals surface area contributed by atoms with E-state index in [1.165, 1.54) is 11.8 Å². The van der Waals surface area contributed by atoms with E-state index < -0.39 is 0 Å². The van der Waals surface area contributed by atoms with Crippen molar-refractivity contribution in [1.29, 1.82) is 0 Å². The number of nitrogens with zero attached hydrogens (tertiary/aromatic N) is 3. The van der Waals surface area contributed by atoms with Crippen LogP contribution < -0.4 is 5.32 Å². The molecule has 9 heteroatoms. The maximum Gasteiger partial charge on any atom is 0.230 e. The van der Waals surface area contributed by atoms with Gasteiger partial charge in [-0.25, -0.2) is 0 Å². The zero-order valence-electron chi connectivity index (χ0n) is 16.6. The third kappa shape index (κ3) is 5.98. The van der Waals surface area contributed by atoms with Crippen LogP contribution in [0.4, 0.5) is 0 Å². The average molecular weight is 465 g/mol. The highest BCUT2D eigenvalue weighted by molar-refractivity contribution is 7.99. The van der Waals surface area contributed by atoms with Crippen LogP contribution in [0, 0.1) is 0 Å². The average Bonchev–Trinajstić information content (AvgIpc) is 3.09. The lowest BCUT2D eigenvalue weighted by Crippen LogP contribution is -2.36. The second kappa shape index (κ2) is 10.8. The number of hydrogen-bond donors (Lipinski definition) is 1. The SMILES string of the molecule is COCC(C)NC(=O)CSc1nnc(-c2ccc(Cl)cc2Cl)n1Cc1ccccc1. The summed E-state index contributed by atoms with van der Waals surface area (Å²) in [6, 6.07) is 15.2. The molecule has 6 nitrogen and oxygen atoms in total. The topological polar surface area (TPSA) is 69.0 Å². The van der Waals surface area contributed by atoms with E-state index in [0.29, 0.717) is 34.2 Å². The lowest BCUT2D eigenvalue weighted by molar-refractivity contribution is -0.119. The highest BCUT2D eigenvalue weighted by atomic mass is 35.5. The van der Waals surface area contributed by atoms with Crippen LogP contribution in [0.15, 0.2) is 53.7 Å². The van der Waals surface area contributed by atoms with Gasteiger partial charge in [0.15, 0.2) is 11.0 Å². The Morgan fingerprint density at radius 1 is 1.20 bits per heavy atom. The molecule has 1 heterocycles. The molecule has 0 aliphatic heterocycles. The van der Waals surface area contributed by atoms with Crippen LogP contribution in [0.2, 0.25) is 10.0 Å². The number of rotatable bonds is 9. The number of hydrogen-bond acceptors (Lipinski definition) is 5. The minimum absolute atomic E-state index is 0.0614. The van der Waals surface area contributed by atoms with Gasteiger partial charge in [0, 0.05) is 23.7 Å². The van der Waals surface area contributed by atoms with Crippen LogP contribution >= 0.6 is 35.0 Å². The molecule has 3 rings (SSSR count). The molecule has 3 aromatic rings. The Balaban J connectivity index is 1.85. The Kier molecular flexibility index (Phi) is 8.16. The van der Waals surface area contributed by atoms with Crippen LogP contribution in [-0.2, 0) is 16.1 Å². The van der Waals surface area contributed by atoms with Gasteiger partial charge >= 0.3 is 0 Å². The van der Waals surface area contributed by atoms with Gasteiger partial charge in [0.05, 0.1) is 23.9 Å². The molecule has 0 aliphatic rings. The Labute approximate surface area is 189 Å². The van der Waals surface area contributed by atoms with E-state index in [4.69, 9.17) is 27.9 Å². The van der Waals surface area contributed by atoms with Crippen molar-refractivity contribution in [2.45, 2.75) is 24.7 Å². The number of thioether (sulfide) groups is 1. The van der Waals surface area contributed by atoms with Crippen LogP contribution in [-0.4, -0.2) is 46.2 Å². The molecule has 1 N–H and O–H groups in total. The zero-order valence-corrected chi connectivity index (χ0v) is 19.0. The first-order chi connectivity index (χ1) is 14.5. The van der Waals surface area contributed by atoms with Crippen molar-refractivity contribution >= 4 is 40.9 Å². The van der Waals surface area contributed by atoms with Gasteiger partial charge in [0.1, 0.15) is 0 Å². The van der Waals surface area contributed by atoms with E-state index in [1.807, 2.05) is 47.9 Å². The van der Waals surface area contributed by atoms with Gasteiger partial charge in [-0.05, 0) is 30.7 Å². The predicted octanol–water partition coefficient (Wildman–Crippen LogP) is 4.54. The van der Waals surface area contributed by atoms with Crippen LogP contribution in [0.25, 0.3) is 11.4 Å². The number of benzene rings is 2. The van der Waals surface area contributed by atoms with Gasteiger partial charge in [0.25, 0.3) is 0 Å². The molecule has 1 atom stereocenters. The van der Waals surface area contributed by atoms with E-state index in [-0.39, 0.29) is 17.7 Å². The van der Waals surface area contributed by atoms with Crippen molar-refractivity contribution < 1.29 is 9.53 Å². The van der Waals surface area contributed by atoms with Crippen LogP contribution in [0.5, 0.6) is 0 Å². The molecule has 0 saturated heterocycles. The summed E-state index contributed by atoms with van der Waals surface area (Å²) in [6.07, 6.45) is 0. The number of nitrogens with one attached hydrogen (secondary N) is 1. The molecule has 0 fully saturated rings. The fourth-order valence-corrected chi connectivity index (χ4v) is 4.15. The first-order valence-electron chi connectivity index (χ1n) is 9.31. The van der Waals surface area contributed by atoms with Crippen molar-refractivity contribution in [3.8, 4) is 11.4 Å². The Morgan fingerprint density at radius 3 is 2.67 bits per heavy atom. The summed E-state index contributed by atoms with van der Waals surface area (Å²) in [4.78, 5) is 12.3. The molecule has 2 aromatic carbocycles. The molecule has 0 radical (unpaired) electrons. The standard InChI is InChI=1S/C21H22Cl2N4O2S/c1-14(12-29-2)24-19(28)13-30-21-26-25-20(17-9-8-16(22)10-18(17)23)27(21)11-15-6-4-3-5-7-15/h3-10,14H,11-13H2,1-2H3,(H,24,28). The molecule has 30 heavy (non-hydrogen) atoms. The predicted molar refractivity (Wildman–Crippen MR) is 121 cm³/mol. The van der Waals surface area contributed by atoms with Gasteiger partial charge in [-0.1, -0.05) is 65.3 Å². The maximum atomic E-state index is 12.3. The third-order valence-corrected chi connectivity index (χ3v) is 5.74. The normalized spacial score (nSPS) is 12.0. The minimum atomic E-state index is -0.0927. The Morgan fingerprint density at radius 2 is 1.97 bits per heavy atom. The molecule has 1 amide bonds. The lowest BCUT2D eigenvalue weighted by atomic mass is 10.2. The zero-order chi connectivity index (χ0) is 21.5.